The molecular formula is C15H26FN5O. The minimum Gasteiger partial charge on any atom is -0.369 e. The van der Waals surface area contributed by atoms with E-state index in [2.05, 4.69) is 10.2 Å². The van der Waals surface area contributed by atoms with E-state index in [-0.39, 0.29) is 11.7 Å². The zero-order valence-electron chi connectivity index (χ0n) is 13.4. The maximum Gasteiger partial charge on any atom is 0.251 e. The van der Waals surface area contributed by atoms with Crippen LogP contribution in [-0.4, -0.2) is 57.6 Å². The van der Waals surface area contributed by atoms with Crippen LogP contribution in [-0.2, 0) is 6.42 Å². The quantitative estimate of drug-likeness (QED) is 0.740. The summed E-state index contributed by atoms with van der Waals surface area (Å²) >= 11 is 0. The monoisotopic (exact) mass is 311 g/mol. The van der Waals surface area contributed by atoms with Gasteiger partial charge in [0.1, 0.15) is 5.82 Å². The average molecular weight is 311 g/mol. The SMILES string of the molecule is CN(C)CCc1c(N2CCNCC2)ccc(C(N)=O)c1F.N. The highest BCUT2D eigenvalue weighted by Crippen LogP contribution is 2.27. The zero-order valence-corrected chi connectivity index (χ0v) is 13.4. The smallest absolute Gasteiger partial charge is 0.251 e. The number of amides is 1. The second-order valence-electron chi connectivity index (χ2n) is 5.58. The lowest BCUT2D eigenvalue weighted by Gasteiger charge is -2.31. The minimum absolute atomic E-state index is 0. The molecule has 0 bridgehead atoms. The molecule has 1 aliphatic rings. The molecule has 0 aromatic heterocycles. The van der Waals surface area contributed by atoms with E-state index in [0.29, 0.717) is 12.0 Å². The fraction of sp³-hybridized carbons (Fsp3) is 0.533. The lowest BCUT2D eigenvalue weighted by molar-refractivity contribution is 0.0996. The number of carbonyl (C=O) groups excluding carboxylic acids is 1. The summed E-state index contributed by atoms with van der Waals surface area (Å²) in [6.07, 6.45) is 0.555. The fourth-order valence-electron chi connectivity index (χ4n) is 2.58. The summed E-state index contributed by atoms with van der Waals surface area (Å²) in [5.74, 6) is -1.19. The number of hydrogen-bond acceptors (Lipinski definition) is 5. The van der Waals surface area contributed by atoms with E-state index in [1.165, 1.54) is 6.07 Å². The number of nitrogens with zero attached hydrogens (tertiary/aromatic N) is 2. The molecule has 0 radical (unpaired) electrons. The number of nitrogens with one attached hydrogen (secondary N) is 1. The number of primary amides is 1. The molecule has 1 fully saturated rings. The molecule has 124 valence electrons. The van der Waals surface area contributed by atoms with Crippen molar-refractivity contribution in [2.75, 3.05) is 51.7 Å². The molecule has 6 nitrogen and oxygen atoms in total. The Morgan fingerprint density at radius 1 is 1.36 bits per heavy atom. The van der Waals surface area contributed by atoms with E-state index in [1.54, 1.807) is 0 Å². The van der Waals surface area contributed by atoms with E-state index < -0.39 is 11.7 Å². The highest BCUT2D eigenvalue weighted by Gasteiger charge is 2.21. The van der Waals surface area contributed by atoms with Gasteiger partial charge in [-0.05, 0) is 32.6 Å². The first kappa shape index (κ1) is 18.3. The molecule has 0 saturated carbocycles. The Hall–Kier alpha value is -1.70. The Morgan fingerprint density at radius 2 is 2.00 bits per heavy atom. The van der Waals surface area contributed by atoms with Gasteiger partial charge in [0.2, 0.25) is 0 Å². The number of piperazine rings is 1. The van der Waals surface area contributed by atoms with E-state index in [9.17, 15) is 9.18 Å². The topological polar surface area (TPSA) is 96.6 Å². The Kier molecular flexibility index (Phi) is 6.73. The Bertz CT molecular complexity index is 515. The molecule has 1 aliphatic heterocycles. The second kappa shape index (κ2) is 8.07. The maximum absolute atomic E-state index is 14.6. The Labute approximate surface area is 131 Å². The standard InChI is InChI=1S/C15H23FN4O.H3N/c1-19(2)8-5-11-13(20-9-6-18-7-10-20)4-3-12(14(11)16)15(17)21;/h3-4,18H,5-10H2,1-2H3,(H2,17,21);1H3. The van der Waals surface area contributed by atoms with Gasteiger partial charge in [-0.25, -0.2) is 4.39 Å². The molecule has 1 heterocycles. The molecule has 7 heteroatoms. The van der Waals surface area contributed by atoms with Gasteiger partial charge in [0.25, 0.3) is 5.91 Å². The van der Waals surface area contributed by atoms with Gasteiger partial charge in [-0.1, -0.05) is 0 Å². The van der Waals surface area contributed by atoms with Crippen molar-refractivity contribution in [3.05, 3.63) is 29.1 Å². The average Bonchev–Trinajstić information content (AvgIpc) is 2.46. The highest BCUT2D eigenvalue weighted by atomic mass is 19.1. The van der Waals surface area contributed by atoms with Crippen molar-refractivity contribution in [2.24, 2.45) is 5.73 Å². The van der Waals surface area contributed by atoms with E-state index in [1.807, 2.05) is 25.1 Å². The number of anilines is 1. The van der Waals surface area contributed by atoms with Crippen molar-refractivity contribution in [3.63, 3.8) is 0 Å². The first-order chi connectivity index (χ1) is 10.0. The third kappa shape index (κ3) is 4.16. The molecule has 0 aliphatic carbocycles. The summed E-state index contributed by atoms with van der Waals surface area (Å²) < 4.78 is 14.6. The number of likely N-dealkylation sites (N-methyl/N-ethyl adjacent to an activating group) is 1. The van der Waals surface area contributed by atoms with Crippen LogP contribution in [0.1, 0.15) is 15.9 Å². The van der Waals surface area contributed by atoms with Crippen molar-refractivity contribution in [3.8, 4) is 0 Å². The molecule has 1 aromatic carbocycles. The summed E-state index contributed by atoms with van der Waals surface area (Å²) in [6, 6.07) is 3.31. The van der Waals surface area contributed by atoms with Gasteiger partial charge in [-0.15, -0.1) is 0 Å². The van der Waals surface area contributed by atoms with Crippen LogP contribution in [0.25, 0.3) is 0 Å². The van der Waals surface area contributed by atoms with Crippen molar-refractivity contribution in [2.45, 2.75) is 6.42 Å². The van der Waals surface area contributed by atoms with Gasteiger partial charge in [0, 0.05) is 44.0 Å². The molecule has 6 N–H and O–H groups in total. The second-order valence-corrected chi connectivity index (χ2v) is 5.58. The van der Waals surface area contributed by atoms with Crippen molar-refractivity contribution < 1.29 is 9.18 Å². The summed E-state index contributed by atoms with van der Waals surface area (Å²) in [7, 11) is 3.89. The van der Waals surface area contributed by atoms with Crippen LogP contribution in [0.4, 0.5) is 10.1 Å². The molecule has 0 unspecified atom stereocenters. The maximum atomic E-state index is 14.6. The predicted octanol–water partition coefficient (Wildman–Crippen LogP) is 0.600. The van der Waals surface area contributed by atoms with Crippen LogP contribution < -0.4 is 22.1 Å². The van der Waals surface area contributed by atoms with Gasteiger partial charge < -0.3 is 27.0 Å². The number of carbonyl (C=O) groups is 1. The lowest BCUT2D eigenvalue weighted by atomic mass is 10.0. The lowest BCUT2D eigenvalue weighted by Crippen LogP contribution is -2.44. The zero-order chi connectivity index (χ0) is 15.4. The van der Waals surface area contributed by atoms with Crippen LogP contribution in [0.15, 0.2) is 12.1 Å². The summed E-state index contributed by atoms with van der Waals surface area (Å²) in [6.45, 7) is 4.16. The molecule has 0 atom stereocenters. The van der Waals surface area contributed by atoms with Gasteiger partial charge in [-0.2, -0.15) is 0 Å². The minimum atomic E-state index is -0.717. The third-order valence-corrected chi connectivity index (χ3v) is 3.75. The van der Waals surface area contributed by atoms with Crippen LogP contribution in [0.5, 0.6) is 0 Å². The number of rotatable bonds is 5. The van der Waals surface area contributed by atoms with Crippen molar-refractivity contribution in [1.82, 2.24) is 16.4 Å². The van der Waals surface area contributed by atoms with Crippen LogP contribution in [0, 0.1) is 5.82 Å². The van der Waals surface area contributed by atoms with Gasteiger partial charge in [-0.3, -0.25) is 4.79 Å². The van der Waals surface area contributed by atoms with Gasteiger partial charge >= 0.3 is 0 Å². The third-order valence-electron chi connectivity index (χ3n) is 3.75. The van der Waals surface area contributed by atoms with E-state index in [4.69, 9.17) is 5.73 Å². The number of benzene rings is 1. The number of halogens is 1. The van der Waals surface area contributed by atoms with Crippen molar-refractivity contribution in [1.29, 1.82) is 0 Å². The van der Waals surface area contributed by atoms with E-state index in [0.717, 1.165) is 38.4 Å². The van der Waals surface area contributed by atoms with E-state index >= 15 is 0 Å². The molecule has 0 spiro atoms. The van der Waals surface area contributed by atoms with Crippen LogP contribution in [0.3, 0.4) is 0 Å². The van der Waals surface area contributed by atoms with Crippen molar-refractivity contribution >= 4 is 11.6 Å². The largest absolute Gasteiger partial charge is 0.369 e. The molecule has 1 amide bonds. The molecule has 22 heavy (non-hydrogen) atoms. The molecule has 1 saturated heterocycles. The van der Waals surface area contributed by atoms with Gasteiger partial charge in [0.15, 0.2) is 0 Å². The van der Waals surface area contributed by atoms with Crippen LogP contribution >= 0.6 is 0 Å². The summed E-state index contributed by atoms with van der Waals surface area (Å²) in [5, 5.41) is 3.28. The summed E-state index contributed by atoms with van der Waals surface area (Å²) in [5.41, 5.74) is 6.69. The Morgan fingerprint density at radius 3 is 2.55 bits per heavy atom. The normalized spacial score (nSPS) is 14.8. The summed E-state index contributed by atoms with van der Waals surface area (Å²) in [4.78, 5) is 15.5. The predicted molar refractivity (Wildman–Crippen MR) is 87.3 cm³/mol. The molecule has 2 rings (SSSR count). The fourth-order valence-corrected chi connectivity index (χ4v) is 2.58. The number of nitrogens with two attached hydrogens (primary N) is 1. The molecular weight excluding hydrogens is 285 g/mol. The number of hydrogen-bond donors (Lipinski definition) is 3. The van der Waals surface area contributed by atoms with Gasteiger partial charge in [0.05, 0.1) is 5.56 Å². The first-order valence-electron chi connectivity index (χ1n) is 7.22. The first-order valence-corrected chi connectivity index (χ1v) is 7.22. The molecule has 1 aromatic rings. The highest BCUT2D eigenvalue weighted by molar-refractivity contribution is 5.94. The Balaban J connectivity index is 0.00000242. The van der Waals surface area contributed by atoms with Crippen LogP contribution in [0.2, 0.25) is 0 Å².